The molecule has 20 heavy (non-hydrogen) atoms. The Balaban J connectivity index is 2.24. The molecule has 108 valence electrons. The number of halogens is 1. The number of hydrogen-bond acceptors (Lipinski definition) is 3. The zero-order valence-electron chi connectivity index (χ0n) is 11.3. The van der Waals surface area contributed by atoms with Crippen LogP contribution in [-0.2, 0) is 4.79 Å². The molecule has 1 aliphatic heterocycles. The van der Waals surface area contributed by atoms with E-state index in [1.54, 1.807) is 0 Å². The molecular formula is C14H18FN3O2. The minimum Gasteiger partial charge on any atom is -0.399 e. The summed E-state index contributed by atoms with van der Waals surface area (Å²) in [7, 11) is 0. The van der Waals surface area contributed by atoms with Crippen LogP contribution < -0.4 is 11.5 Å². The summed E-state index contributed by atoms with van der Waals surface area (Å²) in [4.78, 5) is 25.2. The van der Waals surface area contributed by atoms with E-state index >= 15 is 0 Å². The van der Waals surface area contributed by atoms with E-state index < -0.39 is 17.6 Å². The van der Waals surface area contributed by atoms with E-state index in [9.17, 15) is 14.0 Å². The Kier molecular flexibility index (Phi) is 3.92. The predicted molar refractivity (Wildman–Crippen MR) is 73.2 cm³/mol. The molecule has 0 bridgehead atoms. The second-order valence-corrected chi connectivity index (χ2v) is 5.22. The van der Waals surface area contributed by atoms with Crippen molar-refractivity contribution in [2.45, 2.75) is 25.8 Å². The lowest BCUT2D eigenvalue weighted by Crippen LogP contribution is -2.48. The first-order valence-corrected chi connectivity index (χ1v) is 6.55. The second-order valence-electron chi connectivity index (χ2n) is 5.22. The van der Waals surface area contributed by atoms with Gasteiger partial charge in [-0.3, -0.25) is 9.59 Å². The van der Waals surface area contributed by atoms with Crippen molar-refractivity contribution in [2.75, 3.05) is 12.3 Å². The average molecular weight is 279 g/mol. The number of amides is 2. The number of hydrogen-bond donors (Lipinski definition) is 2. The van der Waals surface area contributed by atoms with Crippen LogP contribution in [0.3, 0.4) is 0 Å². The monoisotopic (exact) mass is 279 g/mol. The summed E-state index contributed by atoms with van der Waals surface area (Å²) in [6.45, 7) is 2.11. The van der Waals surface area contributed by atoms with Crippen molar-refractivity contribution in [3.8, 4) is 0 Å². The number of nitrogens with two attached hydrogens (primary N) is 2. The van der Waals surface area contributed by atoms with Crippen molar-refractivity contribution in [1.29, 1.82) is 0 Å². The molecule has 0 spiro atoms. The van der Waals surface area contributed by atoms with Gasteiger partial charge in [-0.2, -0.15) is 0 Å². The molecule has 5 nitrogen and oxygen atoms in total. The predicted octanol–water partition coefficient (Wildman–Crippen LogP) is 1.13. The highest BCUT2D eigenvalue weighted by Crippen LogP contribution is 2.24. The largest absolute Gasteiger partial charge is 0.399 e. The van der Waals surface area contributed by atoms with Crippen LogP contribution in [0.15, 0.2) is 18.2 Å². The molecule has 0 radical (unpaired) electrons. The van der Waals surface area contributed by atoms with E-state index in [-0.39, 0.29) is 29.8 Å². The molecule has 2 unspecified atom stereocenters. The molecule has 0 aliphatic carbocycles. The first-order valence-electron chi connectivity index (χ1n) is 6.55. The molecule has 1 saturated heterocycles. The SMILES string of the molecule is CC1CCC(C(N)=O)CN1C(=O)c1ccc(N)cc1F. The van der Waals surface area contributed by atoms with Gasteiger partial charge in [0.05, 0.1) is 11.5 Å². The van der Waals surface area contributed by atoms with Gasteiger partial charge in [0.1, 0.15) is 5.82 Å². The molecular weight excluding hydrogens is 261 g/mol. The topological polar surface area (TPSA) is 89.4 Å². The molecule has 1 aromatic carbocycles. The number of primary amides is 1. The maximum Gasteiger partial charge on any atom is 0.257 e. The lowest BCUT2D eigenvalue weighted by atomic mass is 9.92. The van der Waals surface area contributed by atoms with Crippen molar-refractivity contribution in [3.63, 3.8) is 0 Å². The summed E-state index contributed by atoms with van der Waals surface area (Å²) >= 11 is 0. The molecule has 1 aromatic rings. The van der Waals surface area contributed by atoms with Gasteiger partial charge in [0.25, 0.3) is 5.91 Å². The Morgan fingerprint density at radius 1 is 1.35 bits per heavy atom. The van der Waals surface area contributed by atoms with Gasteiger partial charge in [0.2, 0.25) is 5.91 Å². The summed E-state index contributed by atoms with van der Waals surface area (Å²) in [5.74, 6) is -1.87. The summed E-state index contributed by atoms with van der Waals surface area (Å²) in [6, 6.07) is 3.92. The third kappa shape index (κ3) is 2.74. The van der Waals surface area contributed by atoms with Gasteiger partial charge in [0, 0.05) is 18.3 Å². The van der Waals surface area contributed by atoms with Crippen LogP contribution in [0.25, 0.3) is 0 Å². The number of anilines is 1. The molecule has 6 heteroatoms. The third-order valence-electron chi connectivity index (χ3n) is 3.77. The quantitative estimate of drug-likeness (QED) is 0.795. The summed E-state index contributed by atoms with van der Waals surface area (Å²) in [5, 5.41) is 0. The maximum atomic E-state index is 13.8. The number of piperidine rings is 1. The standard InChI is InChI=1S/C14H18FN3O2/c1-8-2-3-9(13(17)19)7-18(8)14(20)11-5-4-10(16)6-12(11)15/h4-6,8-9H,2-3,7,16H2,1H3,(H2,17,19). The van der Waals surface area contributed by atoms with Crippen molar-refractivity contribution < 1.29 is 14.0 Å². The van der Waals surface area contributed by atoms with E-state index in [0.29, 0.717) is 12.8 Å². The van der Waals surface area contributed by atoms with E-state index in [1.165, 1.54) is 17.0 Å². The van der Waals surface area contributed by atoms with Crippen LogP contribution in [-0.4, -0.2) is 29.3 Å². The zero-order chi connectivity index (χ0) is 14.9. The van der Waals surface area contributed by atoms with E-state index in [2.05, 4.69) is 0 Å². The fourth-order valence-corrected chi connectivity index (χ4v) is 2.48. The van der Waals surface area contributed by atoms with E-state index in [4.69, 9.17) is 11.5 Å². The number of nitrogens with zero attached hydrogens (tertiary/aromatic N) is 1. The zero-order valence-corrected chi connectivity index (χ0v) is 11.3. The molecule has 1 aliphatic rings. The molecule has 2 rings (SSSR count). The number of carbonyl (C=O) groups excluding carboxylic acids is 2. The average Bonchev–Trinajstić information content (AvgIpc) is 2.38. The van der Waals surface area contributed by atoms with Gasteiger partial charge in [-0.05, 0) is 38.0 Å². The summed E-state index contributed by atoms with van der Waals surface area (Å²) in [5.41, 5.74) is 11.0. The van der Waals surface area contributed by atoms with Crippen LogP contribution in [0.1, 0.15) is 30.1 Å². The van der Waals surface area contributed by atoms with Crippen LogP contribution in [0.2, 0.25) is 0 Å². The Morgan fingerprint density at radius 2 is 2.05 bits per heavy atom. The molecule has 2 atom stereocenters. The van der Waals surface area contributed by atoms with Crippen LogP contribution >= 0.6 is 0 Å². The smallest absolute Gasteiger partial charge is 0.257 e. The minimum atomic E-state index is -0.650. The molecule has 0 saturated carbocycles. The highest BCUT2D eigenvalue weighted by molar-refractivity contribution is 5.95. The van der Waals surface area contributed by atoms with Crippen LogP contribution in [0, 0.1) is 11.7 Å². The van der Waals surface area contributed by atoms with Crippen molar-refractivity contribution in [3.05, 3.63) is 29.6 Å². The minimum absolute atomic E-state index is 0.0313. The molecule has 0 aromatic heterocycles. The number of carbonyl (C=O) groups is 2. The normalized spacial score (nSPS) is 22.6. The van der Waals surface area contributed by atoms with Crippen LogP contribution in [0.5, 0.6) is 0 Å². The first kappa shape index (κ1) is 14.3. The Labute approximate surface area is 116 Å². The number of rotatable bonds is 2. The lowest BCUT2D eigenvalue weighted by molar-refractivity contribution is -0.123. The molecule has 1 heterocycles. The van der Waals surface area contributed by atoms with Gasteiger partial charge >= 0.3 is 0 Å². The maximum absolute atomic E-state index is 13.8. The van der Waals surface area contributed by atoms with Gasteiger partial charge in [-0.15, -0.1) is 0 Å². The molecule has 1 fully saturated rings. The Hall–Kier alpha value is -2.11. The second kappa shape index (κ2) is 5.48. The fourth-order valence-electron chi connectivity index (χ4n) is 2.48. The first-order chi connectivity index (χ1) is 9.40. The van der Waals surface area contributed by atoms with Crippen molar-refractivity contribution >= 4 is 17.5 Å². The van der Waals surface area contributed by atoms with Crippen molar-refractivity contribution in [1.82, 2.24) is 4.90 Å². The van der Waals surface area contributed by atoms with Gasteiger partial charge < -0.3 is 16.4 Å². The molecule has 4 N–H and O–H groups in total. The third-order valence-corrected chi connectivity index (χ3v) is 3.77. The number of likely N-dealkylation sites (tertiary alicyclic amines) is 1. The van der Waals surface area contributed by atoms with E-state index in [1.807, 2.05) is 6.92 Å². The van der Waals surface area contributed by atoms with Crippen LogP contribution in [0.4, 0.5) is 10.1 Å². The Bertz CT molecular complexity index is 547. The number of benzene rings is 1. The van der Waals surface area contributed by atoms with Gasteiger partial charge in [0.15, 0.2) is 0 Å². The van der Waals surface area contributed by atoms with Crippen molar-refractivity contribution in [2.24, 2.45) is 11.7 Å². The van der Waals surface area contributed by atoms with E-state index in [0.717, 1.165) is 6.07 Å². The lowest BCUT2D eigenvalue weighted by Gasteiger charge is -2.37. The van der Waals surface area contributed by atoms with Gasteiger partial charge in [-0.25, -0.2) is 4.39 Å². The summed E-state index contributed by atoms with van der Waals surface area (Å²) in [6.07, 6.45) is 1.33. The fraction of sp³-hybridized carbons (Fsp3) is 0.429. The highest BCUT2D eigenvalue weighted by Gasteiger charge is 2.32. The Morgan fingerprint density at radius 3 is 2.65 bits per heavy atom. The summed E-state index contributed by atoms with van der Waals surface area (Å²) < 4.78 is 13.8. The highest BCUT2D eigenvalue weighted by atomic mass is 19.1. The number of nitrogen functional groups attached to an aromatic ring is 1. The van der Waals surface area contributed by atoms with Gasteiger partial charge in [-0.1, -0.05) is 0 Å². The molecule has 2 amide bonds.